The lowest BCUT2D eigenvalue weighted by Gasteiger charge is -2.04. The molecule has 94 valence electrons. The number of methoxy groups -OCH3 is 1. The minimum absolute atomic E-state index is 0.0573. The monoisotopic (exact) mass is 239 g/mol. The van der Waals surface area contributed by atoms with E-state index in [9.17, 15) is 10.1 Å². The Balaban J connectivity index is 2.27. The van der Waals surface area contributed by atoms with Crippen LogP contribution in [0.2, 0.25) is 0 Å². The molecule has 0 unspecified atom stereocenters. The third-order valence-electron chi connectivity index (χ3n) is 2.29. The molecule has 1 aromatic rings. The standard InChI is InChI=1S/C11H17N3O3/c1-17-8-4-2-3-6-12-11-9-10(14(15)16)5-7-13-11/h5,7,9H,2-4,6,8H2,1H3,(H,12,13). The average Bonchev–Trinajstić information content (AvgIpc) is 2.34. The van der Waals surface area contributed by atoms with Gasteiger partial charge in [-0.1, -0.05) is 0 Å². The van der Waals surface area contributed by atoms with Crippen LogP contribution in [-0.4, -0.2) is 30.2 Å². The summed E-state index contributed by atoms with van der Waals surface area (Å²) in [6.45, 7) is 1.53. The van der Waals surface area contributed by atoms with Gasteiger partial charge in [0.25, 0.3) is 5.69 Å². The maximum absolute atomic E-state index is 10.5. The molecule has 0 saturated heterocycles. The Morgan fingerprint density at radius 1 is 1.47 bits per heavy atom. The van der Waals surface area contributed by atoms with Gasteiger partial charge in [-0.3, -0.25) is 10.1 Å². The van der Waals surface area contributed by atoms with E-state index in [0.29, 0.717) is 5.82 Å². The summed E-state index contributed by atoms with van der Waals surface area (Å²) in [6.07, 6.45) is 4.52. The van der Waals surface area contributed by atoms with Gasteiger partial charge in [0.15, 0.2) is 0 Å². The van der Waals surface area contributed by atoms with Gasteiger partial charge in [0.05, 0.1) is 11.0 Å². The molecule has 0 bridgehead atoms. The number of rotatable bonds is 8. The lowest BCUT2D eigenvalue weighted by atomic mass is 10.2. The van der Waals surface area contributed by atoms with Crippen LogP contribution >= 0.6 is 0 Å². The van der Waals surface area contributed by atoms with Crippen molar-refractivity contribution >= 4 is 11.5 Å². The van der Waals surface area contributed by atoms with Crippen LogP contribution in [0.15, 0.2) is 18.3 Å². The lowest BCUT2D eigenvalue weighted by molar-refractivity contribution is -0.384. The predicted octanol–water partition coefficient (Wildman–Crippen LogP) is 2.22. The highest BCUT2D eigenvalue weighted by atomic mass is 16.6. The normalized spacial score (nSPS) is 10.2. The third kappa shape index (κ3) is 5.26. The van der Waals surface area contributed by atoms with E-state index in [2.05, 4.69) is 10.3 Å². The predicted molar refractivity (Wildman–Crippen MR) is 65.1 cm³/mol. The van der Waals surface area contributed by atoms with Crippen molar-refractivity contribution in [1.82, 2.24) is 4.98 Å². The number of nitro groups is 1. The molecule has 0 fully saturated rings. The van der Waals surface area contributed by atoms with Crippen molar-refractivity contribution in [3.63, 3.8) is 0 Å². The molecular formula is C11H17N3O3. The quantitative estimate of drug-likeness (QED) is 0.427. The molecule has 1 rings (SSSR count). The van der Waals surface area contributed by atoms with Gasteiger partial charge in [-0.2, -0.15) is 0 Å². The van der Waals surface area contributed by atoms with E-state index >= 15 is 0 Å². The molecule has 0 aliphatic carbocycles. The molecule has 1 N–H and O–H groups in total. The first kappa shape index (κ1) is 13.4. The largest absolute Gasteiger partial charge is 0.385 e. The van der Waals surface area contributed by atoms with Crippen LogP contribution in [0, 0.1) is 10.1 Å². The molecule has 0 amide bonds. The van der Waals surface area contributed by atoms with Crippen molar-refractivity contribution in [2.45, 2.75) is 19.3 Å². The zero-order valence-corrected chi connectivity index (χ0v) is 9.89. The highest BCUT2D eigenvalue weighted by molar-refractivity contribution is 5.43. The summed E-state index contributed by atoms with van der Waals surface area (Å²) < 4.78 is 4.94. The number of anilines is 1. The second-order valence-corrected chi connectivity index (χ2v) is 3.64. The topological polar surface area (TPSA) is 77.3 Å². The number of unbranched alkanes of at least 4 members (excludes halogenated alkanes) is 2. The minimum atomic E-state index is -0.425. The van der Waals surface area contributed by atoms with Crippen molar-refractivity contribution < 1.29 is 9.66 Å². The van der Waals surface area contributed by atoms with Gasteiger partial charge >= 0.3 is 0 Å². The Labute approximate surface area is 100 Å². The molecule has 0 spiro atoms. The third-order valence-corrected chi connectivity index (χ3v) is 2.29. The van der Waals surface area contributed by atoms with Gasteiger partial charge in [-0.15, -0.1) is 0 Å². The zero-order valence-electron chi connectivity index (χ0n) is 9.89. The Morgan fingerprint density at radius 2 is 2.29 bits per heavy atom. The SMILES string of the molecule is COCCCCCNc1cc([N+](=O)[O-])ccn1. The van der Waals surface area contributed by atoms with Crippen molar-refractivity contribution in [3.8, 4) is 0 Å². The number of nitrogens with one attached hydrogen (secondary N) is 1. The molecule has 0 aliphatic rings. The van der Waals surface area contributed by atoms with Crippen LogP contribution < -0.4 is 5.32 Å². The Kier molecular flexibility index (Phi) is 5.95. The van der Waals surface area contributed by atoms with Crippen molar-refractivity contribution in [2.24, 2.45) is 0 Å². The van der Waals surface area contributed by atoms with Crippen molar-refractivity contribution in [3.05, 3.63) is 28.4 Å². The first-order chi connectivity index (χ1) is 8.24. The van der Waals surface area contributed by atoms with Gasteiger partial charge in [0.1, 0.15) is 5.82 Å². The van der Waals surface area contributed by atoms with E-state index in [-0.39, 0.29) is 5.69 Å². The molecule has 17 heavy (non-hydrogen) atoms. The summed E-state index contributed by atoms with van der Waals surface area (Å²) in [4.78, 5) is 14.1. The molecule has 1 aromatic heterocycles. The van der Waals surface area contributed by atoms with E-state index in [1.54, 1.807) is 7.11 Å². The number of nitrogens with zero attached hydrogens (tertiary/aromatic N) is 2. The molecule has 1 heterocycles. The first-order valence-electron chi connectivity index (χ1n) is 5.57. The van der Waals surface area contributed by atoms with E-state index < -0.39 is 4.92 Å². The summed E-state index contributed by atoms with van der Waals surface area (Å²) in [7, 11) is 1.69. The molecule has 0 aromatic carbocycles. The zero-order chi connectivity index (χ0) is 12.5. The fraction of sp³-hybridized carbons (Fsp3) is 0.545. The van der Waals surface area contributed by atoms with E-state index in [4.69, 9.17) is 4.74 Å². The first-order valence-corrected chi connectivity index (χ1v) is 5.57. The van der Waals surface area contributed by atoms with Crippen LogP contribution in [0.1, 0.15) is 19.3 Å². The summed E-state index contributed by atoms with van der Waals surface area (Å²) >= 11 is 0. The summed E-state index contributed by atoms with van der Waals surface area (Å²) in [5.41, 5.74) is 0.0573. The van der Waals surface area contributed by atoms with Crippen molar-refractivity contribution in [1.29, 1.82) is 0 Å². The fourth-order valence-electron chi connectivity index (χ4n) is 1.39. The van der Waals surface area contributed by atoms with E-state index in [1.165, 1.54) is 18.3 Å². The fourth-order valence-corrected chi connectivity index (χ4v) is 1.39. The Morgan fingerprint density at radius 3 is 3.00 bits per heavy atom. The van der Waals surface area contributed by atoms with Gasteiger partial charge in [0, 0.05) is 32.5 Å². The van der Waals surface area contributed by atoms with Crippen LogP contribution in [-0.2, 0) is 4.74 Å². The molecule has 0 atom stereocenters. The average molecular weight is 239 g/mol. The van der Waals surface area contributed by atoms with Gasteiger partial charge < -0.3 is 10.1 Å². The maximum atomic E-state index is 10.5. The van der Waals surface area contributed by atoms with E-state index in [1.807, 2.05) is 0 Å². The number of ether oxygens (including phenoxy) is 1. The second-order valence-electron chi connectivity index (χ2n) is 3.64. The van der Waals surface area contributed by atoms with Crippen LogP contribution in [0.4, 0.5) is 11.5 Å². The number of hydrogen-bond donors (Lipinski definition) is 1. The van der Waals surface area contributed by atoms with Crippen molar-refractivity contribution in [2.75, 3.05) is 25.6 Å². The summed E-state index contributed by atoms with van der Waals surface area (Å²) in [5, 5.41) is 13.6. The molecule has 0 radical (unpaired) electrons. The molecule has 6 nitrogen and oxygen atoms in total. The minimum Gasteiger partial charge on any atom is -0.385 e. The molecule has 0 saturated carbocycles. The van der Waals surface area contributed by atoms with Gasteiger partial charge in [-0.25, -0.2) is 4.98 Å². The van der Waals surface area contributed by atoms with Gasteiger partial charge in [-0.05, 0) is 19.3 Å². The van der Waals surface area contributed by atoms with Gasteiger partial charge in [0.2, 0.25) is 0 Å². The lowest BCUT2D eigenvalue weighted by Crippen LogP contribution is -2.04. The number of aromatic nitrogens is 1. The molecule has 0 aliphatic heterocycles. The number of pyridine rings is 1. The Bertz CT molecular complexity index is 358. The van der Waals surface area contributed by atoms with E-state index in [0.717, 1.165) is 32.4 Å². The van der Waals surface area contributed by atoms with Crippen LogP contribution in [0.5, 0.6) is 0 Å². The Hall–Kier alpha value is -1.69. The van der Waals surface area contributed by atoms with Crippen LogP contribution in [0.25, 0.3) is 0 Å². The summed E-state index contributed by atoms with van der Waals surface area (Å²) in [5.74, 6) is 0.547. The number of hydrogen-bond acceptors (Lipinski definition) is 5. The maximum Gasteiger partial charge on any atom is 0.274 e. The molecular weight excluding hydrogens is 222 g/mol. The summed E-state index contributed by atoms with van der Waals surface area (Å²) in [6, 6.07) is 2.82. The molecule has 6 heteroatoms. The second kappa shape index (κ2) is 7.56. The highest BCUT2D eigenvalue weighted by Gasteiger charge is 2.05. The van der Waals surface area contributed by atoms with Crippen LogP contribution in [0.3, 0.4) is 0 Å². The highest BCUT2D eigenvalue weighted by Crippen LogP contribution is 2.14. The smallest absolute Gasteiger partial charge is 0.274 e.